The molecule has 1 aromatic carbocycles. The monoisotopic (exact) mass is 204 g/mol. The highest BCUT2D eigenvalue weighted by Crippen LogP contribution is 2.20. The number of benzene rings is 1. The average molecular weight is 204 g/mol. The zero-order valence-electron chi connectivity index (χ0n) is 8.62. The molecule has 0 aromatic heterocycles. The molecule has 0 saturated carbocycles. The molecule has 15 heavy (non-hydrogen) atoms. The van der Waals surface area contributed by atoms with Crippen molar-refractivity contribution in [2.75, 3.05) is 19.0 Å². The van der Waals surface area contributed by atoms with Crippen molar-refractivity contribution >= 4 is 17.3 Å². The van der Waals surface area contributed by atoms with Gasteiger partial charge in [-0.2, -0.15) is 0 Å². The van der Waals surface area contributed by atoms with Crippen molar-refractivity contribution in [1.29, 1.82) is 0 Å². The van der Waals surface area contributed by atoms with E-state index in [1.54, 1.807) is 37.2 Å². The van der Waals surface area contributed by atoms with Crippen molar-refractivity contribution in [2.24, 2.45) is 15.8 Å². The molecule has 0 unspecified atom stereocenters. The number of nitrogens with two attached hydrogens (primary N) is 1. The van der Waals surface area contributed by atoms with Crippen LogP contribution in [0.15, 0.2) is 34.4 Å². The van der Waals surface area contributed by atoms with Gasteiger partial charge in [-0.1, -0.05) is 17.2 Å². The smallest absolute Gasteiger partial charge is 0.195 e. The van der Waals surface area contributed by atoms with Crippen LogP contribution in [-0.4, -0.2) is 20.1 Å². The molecule has 0 atom stereocenters. The lowest BCUT2D eigenvalue weighted by Crippen LogP contribution is -2.33. The highest BCUT2D eigenvalue weighted by Gasteiger charge is 2.03. The van der Waals surface area contributed by atoms with Crippen molar-refractivity contribution in [3.63, 3.8) is 0 Å². The molecule has 0 fully saturated rings. The molecular weight excluding hydrogens is 192 g/mol. The van der Waals surface area contributed by atoms with Crippen LogP contribution in [0.5, 0.6) is 0 Å². The summed E-state index contributed by atoms with van der Waals surface area (Å²) in [4.78, 5) is 8.28. The molecular formula is C9H12N6. The quantitative estimate of drug-likeness (QED) is 0.262. The van der Waals surface area contributed by atoms with Gasteiger partial charge in [0, 0.05) is 30.4 Å². The van der Waals surface area contributed by atoms with Gasteiger partial charge < -0.3 is 10.6 Å². The van der Waals surface area contributed by atoms with Crippen LogP contribution >= 0.6 is 0 Å². The lowest BCUT2D eigenvalue weighted by atomic mass is 10.2. The van der Waals surface area contributed by atoms with Gasteiger partial charge in [-0.15, -0.1) is 0 Å². The Hall–Kier alpha value is -2.20. The van der Waals surface area contributed by atoms with E-state index < -0.39 is 0 Å². The summed E-state index contributed by atoms with van der Waals surface area (Å²) in [6.07, 6.45) is 0. The molecule has 6 nitrogen and oxygen atoms in total. The van der Waals surface area contributed by atoms with Crippen LogP contribution in [0.2, 0.25) is 0 Å². The summed E-state index contributed by atoms with van der Waals surface area (Å²) in [7, 11) is 3.40. The van der Waals surface area contributed by atoms with E-state index in [9.17, 15) is 0 Å². The van der Waals surface area contributed by atoms with E-state index in [0.717, 1.165) is 5.69 Å². The zero-order chi connectivity index (χ0) is 11.3. The number of anilines is 1. The minimum absolute atomic E-state index is 0.396. The van der Waals surface area contributed by atoms with Crippen molar-refractivity contribution in [3.05, 3.63) is 34.7 Å². The maximum atomic E-state index is 8.30. The Kier molecular flexibility index (Phi) is 3.54. The molecule has 1 rings (SSSR count). The topological polar surface area (TPSA) is 90.4 Å². The third-order valence-corrected chi connectivity index (χ3v) is 1.95. The molecule has 0 saturated heterocycles. The van der Waals surface area contributed by atoms with E-state index in [2.05, 4.69) is 15.0 Å². The summed E-state index contributed by atoms with van der Waals surface area (Å²) in [6, 6.07) is 7.10. The number of guanidine groups is 1. The SMILES string of the molecule is CN=C(N)N(C)c1cccc(N=[N+]=[N-])c1. The van der Waals surface area contributed by atoms with Crippen molar-refractivity contribution < 1.29 is 0 Å². The minimum Gasteiger partial charge on any atom is -0.370 e. The number of azide groups is 1. The molecule has 0 spiro atoms. The van der Waals surface area contributed by atoms with Gasteiger partial charge in [0.2, 0.25) is 0 Å². The first-order chi connectivity index (χ1) is 7.19. The predicted molar refractivity (Wildman–Crippen MR) is 61.2 cm³/mol. The van der Waals surface area contributed by atoms with Gasteiger partial charge in [-0.25, -0.2) is 0 Å². The largest absolute Gasteiger partial charge is 0.370 e. The van der Waals surface area contributed by atoms with Gasteiger partial charge in [-0.3, -0.25) is 4.99 Å². The fourth-order valence-electron chi connectivity index (χ4n) is 1.10. The molecule has 0 aliphatic rings. The second-order valence-electron chi connectivity index (χ2n) is 2.85. The fourth-order valence-corrected chi connectivity index (χ4v) is 1.10. The van der Waals surface area contributed by atoms with Gasteiger partial charge in [0.1, 0.15) is 0 Å². The lowest BCUT2D eigenvalue weighted by Gasteiger charge is -2.17. The highest BCUT2D eigenvalue weighted by molar-refractivity contribution is 5.94. The van der Waals surface area contributed by atoms with Gasteiger partial charge in [0.05, 0.1) is 0 Å². The summed E-state index contributed by atoms with van der Waals surface area (Å²) in [5, 5.41) is 3.51. The maximum Gasteiger partial charge on any atom is 0.195 e. The van der Waals surface area contributed by atoms with E-state index in [4.69, 9.17) is 11.3 Å². The Bertz CT molecular complexity index is 418. The molecule has 78 valence electrons. The van der Waals surface area contributed by atoms with E-state index in [0.29, 0.717) is 11.6 Å². The molecule has 0 bridgehead atoms. The maximum absolute atomic E-state index is 8.30. The van der Waals surface area contributed by atoms with E-state index >= 15 is 0 Å². The van der Waals surface area contributed by atoms with Crippen LogP contribution in [0, 0.1) is 0 Å². The van der Waals surface area contributed by atoms with E-state index in [1.165, 1.54) is 0 Å². The fraction of sp³-hybridized carbons (Fsp3) is 0.222. The van der Waals surface area contributed by atoms with Crippen LogP contribution in [0.3, 0.4) is 0 Å². The molecule has 2 N–H and O–H groups in total. The van der Waals surface area contributed by atoms with Crippen LogP contribution in [0.25, 0.3) is 10.4 Å². The summed E-state index contributed by atoms with van der Waals surface area (Å²) >= 11 is 0. The zero-order valence-corrected chi connectivity index (χ0v) is 8.62. The highest BCUT2D eigenvalue weighted by atomic mass is 15.2. The number of rotatable bonds is 2. The Balaban J connectivity index is 3.05. The molecule has 0 aliphatic heterocycles. The summed E-state index contributed by atoms with van der Waals surface area (Å²) in [5.41, 5.74) is 15.3. The third kappa shape index (κ3) is 2.62. The van der Waals surface area contributed by atoms with Gasteiger partial charge in [0.15, 0.2) is 5.96 Å². The first kappa shape index (κ1) is 10.9. The third-order valence-electron chi connectivity index (χ3n) is 1.95. The van der Waals surface area contributed by atoms with E-state index in [-0.39, 0.29) is 0 Å². The summed E-state index contributed by atoms with van der Waals surface area (Å²) < 4.78 is 0. The summed E-state index contributed by atoms with van der Waals surface area (Å²) in [5.74, 6) is 0.396. The van der Waals surface area contributed by atoms with Crippen molar-refractivity contribution in [2.45, 2.75) is 0 Å². The lowest BCUT2D eigenvalue weighted by molar-refractivity contribution is 1.20. The molecule has 6 heteroatoms. The van der Waals surface area contributed by atoms with E-state index in [1.807, 2.05) is 6.07 Å². The van der Waals surface area contributed by atoms with Crippen LogP contribution in [0.4, 0.5) is 11.4 Å². The van der Waals surface area contributed by atoms with Gasteiger partial charge >= 0.3 is 0 Å². The second-order valence-corrected chi connectivity index (χ2v) is 2.85. The van der Waals surface area contributed by atoms with Gasteiger partial charge in [0.25, 0.3) is 0 Å². The molecule has 1 aromatic rings. The molecule has 0 heterocycles. The molecule has 0 aliphatic carbocycles. The number of hydrogen-bond acceptors (Lipinski definition) is 2. The normalized spacial score (nSPS) is 10.7. The minimum atomic E-state index is 0.396. The summed E-state index contributed by atoms with van der Waals surface area (Å²) in [6.45, 7) is 0. The van der Waals surface area contributed by atoms with Crippen LogP contribution in [-0.2, 0) is 0 Å². The number of hydrogen-bond donors (Lipinski definition) is 1. The molecule has 0 radical (unpaired) electrons. The predicted octanol–water partition coefficient (Wildman–Crippen LogP) is 2.01. The Morgan fingerprint density at radius 1 is 1.53 bits per heavy atom. The Morgan fingerprint density at radius 2 is 2.27 bits per heavy atom. The van der Waals surface area contributed by atoms with Gasteiger partial charge in [-0.05, 0) is 17.7 Å². The number of aliphatic imine (C=N–C) groups is 1. The standard InChI is InChI=1S/C9H12N6/c1-12-9(10)15(2)8-5-3-4-7(6-8)13-14-11/h3-6H,1-2H3,(H2,10,12). The van der Waals surface area contributed by atoms with Crippen molar-refractivity contribution in [1.82, 2.24) is 0 Å². The number of nitrogens with zero attached hydrogens (tertiary/aromatic N) is 5. The van der Waals surface area contributed by atoms with Crippen molar-refractivity contribution in [3.8, 4) is 0 Å². The second kappa shape index (κ2) is 4.88. The first-order valence-electron chi connectivity index (χ1n) is 4.30. The Labute approximate surface area is 87.7 Å². The first-order valence-corrected chi connectivity index (χ1v) is 4.30. The van der Waals surface area contributed by atoms with Crippen LogP contribution in [0.1, 0.15) is 0 Å². The van der Waals surface area contributed by atoms with Crippen LogP contribution < -0.4 is 10.6 Å². The molecule has 0 amide bonds. The average Bonchev–Trinajstić information content (AvgIpc) is 2.28. The Morgan fingerprint density at radius 3 is 2.87 bits per heavy atom.